The maximum absolute atomic E-state index is 11.0. The lowest BCUT2D eigenvalue weighted by atomic mass is 9.62. The van der Waals surface area contributed by atoms with Crippen LogP contribution in [0.4, 0.5) is 0 Å². The SMILES string of the molecule is COC1CCC2CC3C4CC5OCOC5CC4CC(O)[NH+]3CC2C1OC. The zero-order valence-electron chi connectivity index (χ0n) is 16.0. The molecule has 0 radical (unpaired) electrons. The average molecular weight is 368 g/mol. The van der Waals surface area contributed by atoms with E-state index in [-0.39, 0.29) is 30.6 Å². The molecule has 26 heavy (non-hydrogen) atoms. The first kappa shape index (κ1) is 17.8. The third-order valence-electron chi connectivity index (χ3n) is 8.39. The van der Waals surface area contributed by atoms with Crippen molar-refractivity contribution in [3.63, 3.8) is 0 Å². The second kappa shape index (κ2) is 6.98. The molecule has 0 aromatic carbocycles. The highest BCUT2D eigenvalue weighted by Crippen LogP contribution is 2.45. The molecule has 0 spiro atoms. The van der Waals surface area contributed by atoms with E-state index < -0.39 is 0 Å². The van der Waals surface area contributed by atoms with Gasteiger partial charge in [-0.2, -0.15) is 0 Å². The maximum atomic E-state index is 11.0. The fourth-order valence-corrected chi connectivity index (χ4v) is 7.19. The Balaban J connectivity index is 1.37. The molecule has 2 saturated carbocycles. The van der Waals surface area contributed by atoms with Gasteiger partial charge in [0.15, 0.2) is 6.23 Å². The van der Waals surface area contributed by atoms with Gasteiger partial charge in [-0.1, -0.05) is 0 Å². The van der Waals surface area contributed by atoms with E-state index in [0.717, 1.165) is 32.2 Å². The predicted octanol–water partition coefficient (Wildman–Crippen LogP) is 0.190. The molecular formula is C20H34NO5+. The number of nitrogens with one attached hydrogen (secondary N) is 1. The van der Waals surface area contributed by atoms with E-state index >= 15 is 0 Å². The highest BCUT2D eigenvalue weighted by atomic mass is 16.7. The lowest BCUT2D eigenvalue weighted by molar-refractivity contribution is -0.991. The number of piperidine rings is 2. The smallest absolute Gasteiger partial charge is 0.189 e. The van der Waals surface area contributed by atoms with Gasteiger partial charge >= 0.3 is 0 Å². The van der Waals surface area contributed by atoms with E-state index in [1.54, 1.807) is 7.11 Å². The van der Waals surface area contributed by atoms with Crippen molar-refractivity contribution in [1.82, 2.24) is 0 Å². The summed E-state index contributed by atoms with van der Waals surface area (Å²) in [5, 5.41) is 11.0. The second-order valence-corrected chi connectivity index (χ2v) is 9.27. The largest absolute Gasteiger partial charge is 0.379 e. The third kappa shape index (κ3) is 2.76. The van der Waals surface area contributed by atoms with Crippen molar-refractivity contribution in [2.75, 3.05) is 27.6 Å². The van der Waals surface area contributed by atoms with Crippen LogP contribution in [0.2, 0.25) is 0 Å². The molecule has 5 aliphatic rings. The molecule has 0 bridgehead atoms. The monoisotopic (exact) mass is 368 g/mol. The summed E-state index contributed by atoms with van der Waals surface area (Å²) in [5.41, 5.74) is 0. The number of hydrogen-bond acceptors (Lipinski definition) is 5. The summed E-state index contributed by atoms with van der Waals surface area (Å²) >= 11 is 0. The first-order valence-corrected chi connectivity index (χ1v) is 10.5. The molecule has 2 N–H and O–H groups in total. The molecule has 0 amide bonds. The maximum Gasteiger partial charge on any atom is 0.189 e. The lowest BCUT2D eigenvalue weighted by Crippen LogP contribution is -3.23. The molecular weight excluding hydrogens is 334 g/mol. The van der Waals surface area contributed by atoms with Crippen molar-refractivity contribution >= 4 is 0 Å². The molecule has 11 atom stereocenters. The Morgan fingerprint density at radius 3 is 2.46 bits per heavy atom. The topological polar surface area (TPSA) is 61.6 Å². The van der Waals surface area contributed by atoms with Crippen LogP contribution >= 0.6 is 0 Å². The molecule has 3 saturated heterocycles. The van der Waals surface area contributed by atoms with E-state index in [0.29, 0.717) is 36.5 Å². The number of aliphatic hydroxyl groups is 1. The predicted molar refractivity (Wildman–Crippen MR) is 93.5 cm³/mol. The molecule has 2 aliphatic carbocycles. The fourth-order valence-electron chi connectivity index (χ4n) is 7.19. The molecule has 3 aliphatic heterocycles. The summed E-state index contributed by atoms with van der Waals surface area (Å²) in [6.45, 7) is 1.47. The Morgan fingerprint density at radius 1 is 0.885 bits per heavy atom. The van der Waals surface area contributed by atoms with Crippen LogP contribution in [0.15, 0.2) is 0 Å². The van der Waals surface area contributed by atoms with E-state index in [4.69, 9.17) is 18.9 Å². The normalized spacial score (nSPS) is 56.2. The first-order chi connectivity index (χ1) is 12.7. The van der Waals surface area contributed by atoms with Crippen molar-refractivity contribution in [3.8, 4) is 0 Å². The minimum absolute atomic E-state index is 0.166. The van der Waals surface area contributed by atoms with Crippen LogP contribution in [0, 0.1) is 23.7 Å². The van der Waals surface area contributed by atoms with Gasteiger partial charge in [-0.3, -0.25) is 0 Å². The van der Waals surface area contributed by atoms with Crippen LogP contribution in [0.25, 0.3) is 0 Å². The summed E-state index contributed by atoms with van der Waals surface area (Å²) in [7, 11) is 3.62. The Hall–Kier alpha value is -0.240. The van der Waals surface area contributed by atoms with Crippen molar-refractivity contribution in [2.24, 2.45) is 23.7 Å². The van der Waals surface area contributed by atoms with Crippen molar-refractivity contribution in [1.29, 1.82) is 0 Å². The van der Waals surface area contributed by atoms with Gasteiger partial charge in [-0.25, -0.2) is 0 Å². The van der Waals surface area contributed by atoms with Crippen LogP contribution in [0.1, 0.15) is 38.5 Å². The van der Waals surface area contributed by atoms with Crippen LogP contribution in [0.3, 0.4) is 0 Å². The number of quaternary nitrogens is 1. The molecule has 5 rings (SSSR count). The Kier molecular flexibility index (Phi) is 4.78. The Bertz CT molecular complexity index is 518. The van der Waals surface area contributed by atoms with Crippen molar-refractivity contribution < 1.29 is 29.0 Å². The molecule has 5 fully saturated rings. The minimum atomic E-state index is -0.249. The van der Waals surface area contributed by atoms with Gasteiger partial charge in [0.2, 0.25) is 0 Å². The van der Waals surface area contributed by atoms with Gasteiger partial charge < -0.3 is 29.0 Å². The highest BCUT2D eigenvalue weighted by molar-refractivity contribution is 4.99. The fraction of sp³-hybridized carbons (Fsp3) is 1.00. The van der Waals surface area contributed by atoms with E-state index in [1.165, 1.54) is 17.7 Å². The zero-order valence-corrected chi connectivity index (χ0v) is 16.0. The Labute approximate surface area is 156 Å². The van der Waals surface area contributed by atoms with Gasteiger partial charge in [-0.15, -0.1) is 0 Å². The van der Waals surface area contributed by atoms with Crippen molar-refractivity contribution in [3.05, 3.63) is 0 Å². The third-order valence-corrected chi connectivity index (χ3v) is 8.39. The lowest BCUT2D eigenvalue weighted by Gasteiger charge is -2.55. The number of methoxy groups -OCH3 is 2. The van der Waals surface area contributed by atoms with E-state index in [9.17, 15) is 5.11 Å². The minimum Gasteiger partial charge on any atom is -0.379 e. The molecule has 6 nitrogen and oxygen atoms in total. The quantitative estimate of drug-likeness (QED) is 0.729. The number of ether oxygens (including phenoxy) is 4. The standard InChI is InChI=1S/C20H33NO5/c1-23-16-4-3-11-5-15-13-8-18-17(25-10-26-18)6-12(13)7-19(22)21(15)9-14(11)20(16)24-2/h11-20,22H,3-10H2,1-2H3/p+1. The summed E-state index contributed by atoms with van der Waals surface area (Å²) in [6, 6.07) is 0.562. The van der Waals surface area contributed by atoms with Gasteiger partial charge in [-0.05, 0) is 37.5 Å². The van der Waals surface area contributed by atoms with Crippen LogP contribution in [0.5, 0.6) is 0 Å². The van der Waals surface area contributed by atoms with Gasteiger partial charge in [0.1, 0.15) is 6.79 Å². The summed E-state index contributed by atoms with van der Waals surface area (Å²) in [6.07, 6.45) is 7.28. The number of fused-ring (bicyclic) bond motifs is 5. The van der Waals surface area contributed by atoms with Crippen LogP contribution < -0.4 is 4.90 Å². The van der Waals surface area contributed by atoms with Gasteiger partial charge in [0.05, 0.1) is 37.0 Å². The van der Waals surface area contributed by atoms with Gasteiger partial charge in [0, 0.05) is 38.9 Å². The average Bonchev–Trinajstić information content (AvgIpc) is 3.12. The molecule has 0 aromatic heterocycles. The molecule has 11 unspecified atom stereocenters. The molecule has 0 aromatic rings. The van der Waals surface area contributed by atoms with Crippen molar-refractivity contribution in [2.45, 2.75) is 75.2 Å². The van der Waals surface area contributed by atoms with E-state index in [2.05, 4.69) is 0 Å². The zero-order chi connectivity index (χ0) is 17.8. The molecule has 6 heteroatoms. The molecule has 148 valence electrons. The highest BCUT2D eigenvalue weighted by Gasteiger charge is 2.57. The summed E-state index contributed by atoms with van der Waals surface area (Å²) in [5.74, 6) is 2.45. The Morgan fingerprint density at radius 2 is 1.69 bits per heavy atom. The number of rotatable bonds is 2. The van der Waals surface area contributed by atoms with Gasteiger partial charge in [0.25, 0.3) is 0 Å². The van der Waals surface area contributed by atoms with E-state index in [1.807, 2.05) is 7.11 Å². The second-order valence-electron chi connectivity index (χ2n) is 9.27. The first-order valence-electron chi connectivity index (χ1n) is 10.5. The number of aliphatic hydroxyl groups excluding tert-OH is 1. The molecule has 3 heterocycles. The van der Waals surface area contributed by atoms with Crippen LogP contribution in [-0.4, -0.2) is 69.3 Å². The summed E-state index contributed by atoms with van der Waals surface area (Å²) < 4.78 is 23.2. The van der Waals surface area contributed by atoms with Crippen LogP contribution in [-0.2, 0) is 18.9 Å². The summed E-state index contributed by atoms with van der Waals surface area (Å²) in [4.78, 5) is 1.41. The number of hydrogen-bond donors (Lipinski definition) is 2.